The van der Waals surface area contributed by atoms with E-state index in [2.05, 4.69) is 27.5 Å². The van der Waals surface area contributed by atoms with Crippen LogP contribution in [0.3, 0.4) is 0 Å². The Morgan fingerprint density at radius 3 is 2.73 bits per heavy atom. The highest BCUT2D eigenvalue weighted by atomic mass is 16.2. The average Bonchev–Trinajstić information content (AvgIpc) is 2.88. The standard InChI is InChI=1S/C28H26N6O3/c1-4-5-8-19-10-11-24-20(13-19)14-21(26(35)31-24)16-30-32-27(36)25-18(3)23(15-29)28(37)34(33-25)22-9-6-7-17(2)12-22/h6-7,9-14,16H,4-5,8H2,1-3H3,(H,31,35)(H,32,36)/b30-16+. The molecule has 0 unspecified atom stereocenters. The summed E-state index contributed by atoms with van der Waals surface area (Å²) in [5.41, 5.74) is 4.71. The monoisotopic (exact) mass is 494 g/mol. The molecule has 2 N–H and O–H groups in total. The Bertz CT molecular complexity index is 1690. The molecule has 2 heterocycles. The van der Waals surface area contributed by atoms with Gasteiger partial charge in [-0.3, -0.25) is 14.4 Å². The molecule has 2 aromatic carbocycles. The van der Waals surface area contributed by atoms with E-state index in [4.69, 9.17) is 0 Å². The van der Waals surface area contributed by atoms with Crippen molar-refractivity contribution >= 4 is 23.0 Å². The van der Waals surface area contributed by atoms with Gasteiger partial charge in [-0.2, -0.15) is 20.1 Å². The van der Waals surface area contributed by atoms with Gasteiger partial charge < -0.3 is 4.98 Å². The normalized spacial score (nSPS) is 11.1. The number of amides is 1. The quantitative estimate of drug-likeness (QED) is 0.299. The predicted molar refractivity (Wildman–Crippen MR) is 142 cm³/mol. The van der Waals surface area contributed by atoms with Crippen LogP contribution in [0.2, 0.25) is 0 Å². The van der Waals surface area contributed by atoms with Crippen LogP contribution >= 0.6 is 0 Å². The number of carbonyl (C=O) groups excluding carboxylic acids is 1. The summed E-state index contributed by atoms with van der Waals surface area (Å²) >= 11 is 0. The highest BCUT2D eigenvalue weighted by molar-refractivity contribution is 5.95. The number of hydrogen-bond donors (Lipinski definition) is 2. The number of aromatic amines is 1. The molecular weight excluding hydrogens is 468 g/mol. The van der Waals surface area contributed by atoms with E-state index in [0.29, 0.717) is 11.2 Å². The molecule has 0 radical (unpaired) electrons. The summed E-state index contributed by atoms with van der Waals surface area (Å²) < 4.78 is 1.03. The lowest BCUT2D eigenvalue weighted by Gasteiger charge is -2.11. The van der Waals surface area contributed by atoms with Crippen LogP contribution < -0.4 is 16.5 Å². The van der Waals surface area contributed by atoms with Crippen molar-refractivity contribution in [2.45, 2.75) is 40.0 Å². The third kappa shape index (κ3) is 5.38. The van der Waals surface area contributed by atoms with Gasteiger partial charge in [0.1, 0.15) is 11.6 Å². The van der Waals surface area contributed by atoms with Crippen molar-refractivity contribution in [3.05, 3.63) is 103 Å². The molecular formula is C28H26N6O3. The lowest BCUT2D eigenvalue weighted by molar-refractivity contribution is 0.0947. The fourth-order valence-corrected chi connectivity index (χ4v) is 4.01. The molecule has 0 aliphatic rings. The number of benzene rings is 2. The van der Waals surface area contributed by atoms with Crippen LogP contribution in [-0.2, 0) is 6.42 Å². The lowest BCUT2D eigenvalue weighted by atomic mass is 10.0. The number of unbranched alkanes of at least 4 members (excludes halogenated alkanes) is 1. The van der Waals surface area contributed by atoms with Crippen LogP contribution in [0.25, 0.3) is 16.6 Å². The van der Waals surface area contributed by atoms with Gasteiger partial charge in [0.25, 0.3) is 17.0 Å². The Morgan fingerprint density at radius 1 is 1.19 bits per heavy atom. The van der Waals surface area contributed by atoms with E-state index in [1.54, 1.807) is 24.3 Å². The minimum absolute atomic E-state index is 0.122. The Morgan fingerprint density at radius 2 is 2.00 bits per heavy atom. The number of carbonyl (C=O) groups is 1. The third-order valence-corrected chi connectivity index (χ3v) is 6.04. The largest absolute Gasteiger partial charge is 0.321 e. The summed E-state index contributed by atoms with van der Waals surface area (Å²) in [5.74, 6) is -0.717. The smallest absolute Gasteiger partial charge is 0.292 e. The summed E-state index contributed by atoms with van der Waals surface area (Å²) in [6.45, 7) is 5.48. The summed E-state index contributed by atoms with van der Waals surface area (Å²) in [6.07, 6.45) is 4.38. The zero-order valence-corrected chi connectivity index (χ0v) is 20.8. The number of pyridine rings is 1. The fourth-order valence-electron chi connectivity index (χ4n) is 4.01. The van der Waals surface area contributed by atoms with Gasteiger partial charge in [-0.25, -0.2) is 5.43 Å². The molecule has 0 spiro atoms. The van der Waals surface area contributed by atoms with Gasteiger partial charge in [-0.05, 0) is 73.5 Å². The second kappa shape index (κ2) is 10.8. The molecule has 0 atom stereocenters. The minimum Gasteiger partial charge on any atom is -0.321 e. The maximum absolute atomic E-state index is 12.9. The maximum atomic E-state index is 12.9. The molecule has 1 amide bonds. The molecule has 0 saturated heterocycles. The maximum Gasteiger partial charge on any atom is 0.292 e. The topological polar surface area (TPSA) is 133 Å². The number of aryl methyl sites for hydroxylation is 2. The molecule has 186 valence electrons. The minimum atomic E-state index is -0.717. The SMILES string of the molecule is CCCCc1ccc2[nH]c(=O)c(/C=N/NC(=O)c3nn(-c4cccc(C)c4)c(=O)c(C#N)c3C)cc2c1. The molecule has 9 nitrogen and oxygen atoms in total. The van der Waals surface area contributed by atoms with Crippen LogP contribution in [0.15, 0.2) is 63.2 Å². The molecule has 0 aliphatic carbocycles. The van der Waals surface area contributed by atoms with Gasteiger partial charge in [0.15, 0.2) is 5.69 Å². The van der Waals surface area contributed by atoms with Crippen LogP contribution in [0.5, 0.6) is 0 Å². The van der Waals surface area contributed by atoms with Gasteiger partial charge in [-0.15, -0.1) is 0 Å². The Labute approximate surface area is 213 Å². The summed E-state index contributed by atoms with van der Waals surface area (Å²) in [7, 11) is 0. The molecule has 4 rings (SSSR count). The summed E-state index contributed by atoms with van der Waals surface area (Å²) in [4.78, 5) is 41.1. The van der Waals surface area contributed by atoms with Crippen molar-refractivity contribution in [3.63, 3.8) is 0 Å². The Kier molecular flexibility index (Phi) is 7.39. The molecule has 0 fully saturated rings. The Balaban J connectivity index is 1.63. The van der Waals surface area contributed by atoms with E-state index in [1.807, 2.05) is 37.3 Å². The first-order valence-electron chi connectivity index (χ1n) is 11.9. The predicted octanol–water partition coefficient (Wildman–Crippen LogP) is 3.67. The summed E-state index contributed by atoms with van der Waals surface area (Å²) in [6, 6.07) is 16.5. The number of nitriles is 1. The third-order valence-electron chi connectivity index (χ3n) is 6.04. The number of H-pyrrole nitrogens is 1. The van der Waals surface area contributed by atoms with E-state index in [9.17, 15) is 19.6 Å². The second-order valence-electron chi connectivity index (χ2n) is 8.79. The average molecular weight is 495 g/mol. The molecule has 37 heavy (non-hydrogen) atoms. The van der Waals surface area contributed by atoms with E-state index in [1.165, 1.54) is 18.7 Å². The van der Waals surface area contributed by atoms with Crippen molar-refractivity contribution in [1.82, 2.24) is 20.2 Å². The van der Waals surface area contributed by atoms with E-state index in [0.717, 1.165) is 34.9 Å². The number of fused-ring (bicyclic) bond motifs is 1. The second-order valence-corrected chi connectivity index (χ2v) is 8.79. The van der Waals surface area contributed by atoms with Crippen molar-refractivity contribution in [3.8, 4) is 11.8 Å². The number of hydrogen-bond acceptors (Lipinski definition) is 6. The van der Waals surface area contributed by atoms with Gasteiger partial charge in [0.2, 0.25) is 0 Å². The number of nitrogens with zero attached hydrogens (tertiary/aromatic N) is 4. The van der Waals surface area contributed by atoms with Crippen LogP contribution in [0.1, 0.15) is 58.1 Å². The van der Waals surface area contributed by atoms with E-state index in [-0.39, 0.29) is 27.9 Å². The van der Waals surface area contributed by atoms with Crippen molar-refractivity contribution in [2.24, 2.45) is 5.10 Å². The van der Waals surface area contributed by atoms with Crippen LogP contribution in [-0.4, -0.2) is 26.9 Å². The molecule has 4 aromatic rings. The van der Waals surface area contributed by atoms with Crippen molar-refractivity contribution in [2.75, 3.05) is 0 Å². The van der Waals surface area contributed by atoms with Crippen molar-refractivity contribution in [1.29, 1.82) is 5.26 Å². The van der Waals surface area contributed by atoms with Crippen molar-refractivity contribution < 1.29 is 4.79 Å². The fraction of sp³-hybridized carbons (Fsp3) is 0.214. The number of rotatable bonds is 7. The Hall–Kier alpha value is -4.84. The molecule has 0 bridgehead atoms. The lowest BCUT2D eigenvalue weighted by Crippen LogP contribution is -2.31. The van der Waals surface area contributed by atoms with E-state index >= 15 is 0 Å². The van der Waals surface area contributed by atoms with Crippen LogP contribution in [0, 0.1) is 25.2 Å². The van der Waals surface area contributed by atoms with E-state index < -0.39 is 11.5 Å². The molecule has 0 aliphatic heterocycles. The number of aromatic nitrogens is 3. The first kappa shape index (κ1) is 25.3. The molecule has 2 aromatic heterocycles. The number of hydrazone groups is 1. The number of nitrogens with one attached hydrogen (secondary N) is 2. The zero-order valence-electron chi connectivity index (χ0n) is 20.8. The first-order chi connectivity index (χ1) is 17.8. The van der Waals surface area contributed by atoms with Gasteiger partial charge in [-0.1, -0.05) is 31.5 Å². The molecule has 9 heteroatoms. The zero-order chi connectivity index (χ0) is 26.5. The highest BCUT2D eigenvalue weighted by Crippen LogP contribution is 2.15. The summed E-state index contributed by atoms with van der Waals surface area (Å²) in [5, 5.41) is 18.6. The van der Waals surface area contributed by atoms with Gasteiger partial charge >= 0.3 is 0 Å². The first-order valence-corrected chi connectivity index (χ1v) is 11.9. The van der Waals surface area contributed by atoms with Crippen LogP contribution in [0.4, 0.5) is 0 Å². The highest BCUT2D eigenvalue weighted by Gasteiger charge is 2.20. The van der Waals surface area contributed by atoms with Gasteiger partial charge in [0, 0.05) is 11.1 Å². The molecule has 0 saturated carbocycles. The van der Waals surface area contributed by atoms with Gasteiger partial charge in [0.05, 0.1) is 17.5 Å².